The van der Waals surface area contributed by atoms with Crippen molar-refractivity contribution < 1.29 is 38.2 Å². The first kappa shape index (κ1) is 30.6. The summed E-state index contributed by atoms with van der Waals surface area (Å²) in [5, 5.41) is 21.6. The van der Waals surface area contributed by atoms with E-state index in [9.17, 15) is 29.2 Å². The fraction of sp³-hybridized carbons (Fsp3) is 0.519. The summed E-state index contributed by atoms with van der Waals surface area (Å²) in [6.45, 7) is 3.91. The van der Waals surface area contributed by atoms with Crippen LogP contribution in [-0.2, 0) is 18.4 Å². The molecule has 3 atom stereocenters. The number of piperazine rings is 1. The Morgan fingerprint density at radius 3 is 2.24 bits per heavy atom. The summed E-state index contributed by atoms with van der Waals surface area (Å²) in [6, 6.07) is 9.42. The van der Waals surface area contributed by atoms with Crippen LogP contribution in [0.2, 0.25) is 0 Å². The van der Waals surface area contributed by atoms with Crippen LogP contribution < -0.4 is 5.32 Å². The molecule has 2 aliphatic rings. The van der Waals surface area contributed by atoms with Gasteiger partial charge in [0, 0.05) is 50.0 Å². The number of benzene rings is 1. The molecule has 1 saturated heterocycles. The van der Waals surface area contributed by atoms with E-state index < -0.39 is 37.7 Å². The zero-order valence-electron chi connectivity index (χ0n) is 23.1. The minimum absolute atomic E-state index is 0.00668. The van der Waals surface area contributed by atoms with Gasteiger partial charge in [0.25, 0.3) is 5.91 Å². The van der Waals surface area contributed by atoms with Gasteiger partial charge >= 0.3 is 13.7 Å². The Hall–Kier alpha value is -3.38. The van der Waals surface area contributed by atoms with Crippen LogP contribution >= 0.6 is 7.60 Å². The van der Waals surface area contributed by atoms with Crippen molar-refractivity contribution in [1.29, 1.82) is 0 Å². The van der Waals surface area contributed by atoms with E-state index in [2.05, 4.69) is 15.3 Å². The Kier molecular flexibility index (Phi) is 10.1. The Balaban J connectivity index is 1.62. The molecule has 4 rings (SSSR count). The molecule has 3 N–H and O–H groups in total. The molecule has 0 spiro atoms. The zero-order valence-corrected chi connectivity index (χ0v) is 24.0. The molecule has 14 heteroatoms. The Morgan fingerprint density at radius 2 is 1.68 bits per heavy atom. The summed E-state index contributed by atoms with van der Waals surface area (Å²) < 4.78 is 24.2. The van der Waals surface area contributed by atoms with Crippen molar-refractivity contribution in [3.05, 3.63) is 47.8 Å². The number of rotatable bonds is 12. The number of nitrogens with one attached hydrogen (secondary N) is 1. The summed E-state index contributed by atoms with van der Waals surface area (Å²) in [6.07, 6.45) is -0.748. The molecule has 0 unspecified atom stereocenters. The molecule has 1 aromatic heterocycles. The molecule has 13 nitrogen and oxygen atoms in total. The molecule has 2 heterocycles. The molecule has 2 aromatic rings. The lowest BCUT2D eigenvalue weighted by Gasteiger charge is -2.35. The maximum absolute atomic E-state index is 13.6. The van der Waals surface area contributed by atoms with E-state index in [1.54, 1.807) is 19.9 Å². The highest BCUT2D eigenvalue weighted by atomic mass is 31.2. The van der Waals surface area contributed by atoms with Gasteiger partial charge in [0.2, 0.25) is 5.91 Å². The van der Waals surface area contributed by atoms with Gasteiger partial charge < -0.3 is 34.4 Å². The van der Waals surface area contributed by atoms with Crippen LogP contribution in [0.5, 0.6) is 0 Å². The highest BCUT2D eigenvalue weighted by molar-refractivity contribution is 7.54. The first-order valence-corrected chi connectivity index (χ1v) is 15.4. The molecule has 3 amide bonds. The van der Waals surface area contributed by atoms with Gasteiger partial charge in [-0.15, -0.1) is 0 Å². The topological polar surface area (TPSA) is 171 Å². The molecular weight excluding hydrogens is 553 g/mol. The Bertz CT molecular complexity index is 1280. The van der Waals surface area contributed by atoms with Gasteiger partial charge in [-0.3, -0.25) is 14.2 Å². The predicted octanol–water partition coefficient (Wildman–Crippen LogP) is 2.43. The second-order valence-corrected chi connectivity index (χ2v) is 12.0. The molecule has 1 aromatic carbocycles. The Labute approximate surface area is 238 Å². The fourth-order valence-corrected chi connectivity index (χ4v) is 6.58. The van der Waals surface area contributed by atoms with E-state index in [0.29, 0.717) is 17.1 Å². The van der Waals surface area contributed by atoms with Crippen molar-refractivity contribution in [2.45, 2.75) is 32.2 Å². The first-order valence-electron chi connectivity index (χ1n) is 13.7. The van der Waals surface area contributed by atoms with Gasteiger partial charge in [-0.05, 0) is 32.3 Å². The summed E-state index contributed by atoms with van der Waals surface area (Å²) in [5.74, 6) is -0.835. The lowest BCUT2D eigenvalue weighted by molar-refractivity contribution is -0.134. The van der Waals surface area contributed by atoms with Gasteiger partial charge in [0.15, 0.2) is 5.82 Å². The number of aliphatic hydroxyl groups excluding tert-OH is 1. The third kappa shape index (κ3) is 7.68. The van der Waals surface area contributed by atoms with E-state index in [1.165, 1.54) is 9.80 Å². The maximum atomic E-state index is 13.6. The number of carboxylic acid groups (broad SMARTS) is 1. The lowest BCUT2D eigenvalue weighted by Crippen LogP contribution is -2.56. The Morgan fingerprint density at radius 1 is 1.05 bits per heavy atom. The molecule has 2 fully saturated rings. The molecule has 0 bridgehead atoms. The van der Waals surface area contributed by atoms with Crippen LogP contribution in [0.25, 0.3) is 11.4 Å². The van der Waals surface area contributed by atoms with E-state index in [1.807, 2.05) is 30.3 Å². The smallest absolute Gasteiger partial charge is 0.407 e. The van der Waals surface area contributed by atoms with Gasteiger partial charge in [0.1, 0.15) is 11.7 Å². The number of aliphatic hydroxyl groups is 1. The standard InChI is InChI=1S/C27H36N5O8P/c1-3-39-41(38,40-4-2)17-23(26(35)31-10-12-32(13-11-31)27(36)37)30-25(34)22-15-21(20-14-19(20)16-33)28-24(29-22)18-8-6-5-7-9-18/h5-9,15,19-20,23,33H,3-4,10-14,16-17H2,1-2H3,(H,30,34)(H,36,37)/t19-,20+,23+/m1/s1. The number of nitrogens with zero attached hydrogens (tertiary/aromatic N) is 4. The van der Waals surface area contributed by atoms with Gasteiger partial charge in [-0.25, -0.2) is 14.8 Å². The van der Waals surface area contributed by atoms with Gasteiger partial charge in [0.05, 0.1) is 19.4 Å². The minimum Gasteiger partial charge on any atom is -0.465 e. The summed E-state index contributed by atoms with van der Waals surface area (Å²) in [7, 11) is -3.77. The van der Waals surface area contributed by atoms with E-state index in [-0.39, 0.29) is 63.5 Å². The van der Waals surface area contributed by atoms with Crippen molar-refractivity contribution in [3.8, 4) is 11.4 Å². The summed E-state index contributed by atoms with van der Waals surface area (Å²) in [5.41, 5.74) is 1.34. The van der Waals surface area contributed by atoms with Crippen LogP contribution in [0.4, 0.5) is 4.79 Å². The number of carbonyl (C=O) groups is 3. The van der Waals surface area contributed by atoms with E-state index in [0.717, 1.165) is 6.42 Å². The highest BCUT2D eigenvalue weighted by Crippen LogP contribution is 2.49. The number of aromatic nitrogens is 2. The second kappa shape index (κ2) is 13.5. The molecule has 0 radical (unpaired) electrons. The van der Waals surface area contributed by atoms with Crippen LogP contribution in [0.1, 0.15) is 42.4 Å². The third-order valence-electron chi connectivity index (χ3n) is 7.07. The van der Waals surface area contributed by atoms with Crippen LogP contribution in [0.3, 0.4) is 0 Å². The average molecular weight is 590 g/mol. The third-order valence-corrected chi connectivity index (χ3v) is 9.19. The lowest BCUT2D eigenvalue weighted by atomic mass is 10.1. The minimum atomic E-state index is -3.77. The molecule has 1 aliphatic heterocycles. The highest BCUT2D eigenvalue weighted by Gasteiger charge is 2.40. The molecular formula is C27H36N5O8P. The fourth-order valence-electron chi connectivity index (χ4n) is 4.82. The molecule has 1 saturated carbocycles. The number of carbonyl (C=O) groups excluding carboxylic acids is 2. The summed E-state index contributed by atoms with van der Waals surface area (Å²) in [4.78, 5) is 50.3. The molecule has 1 aliphatic carbocycles. The van der Waals surface area contributed by atoms with E-state index in [4.69, 9.17) is 9.05 Å². The zero-order chi connectivity index (χ0) is 29.6. The normalized spacial score (nSPS) is 19.5. The van der Waals surface area contributed by atoms with Crippen molar-refractivity contribution >= 4 is 25.5 Å². The molecule has 222 valence electrons. The SMILES string of the molecule is CCOP(=O)(C[C@H](NC(=O)c1cc([C@H]2C[C@@H]2CO)nc(-c2ccccc2)n1)C(=O)N1CCN(C(=O)O)CC1)OCC. The quantitative estimate of drug-likeness (QED) is 0.312. The largest absolute Gasteiger partial charge is 0.465 e. The van der Waals surface area contributed by atoms with Crippen molar-refractivity contribution in [1.82, 2.24) is 25.1 Å². The predicted molar refractivity (Wildman–Crippen MR) is 149 cm³/mol. The number of hydrogen-bond acceptors (Lipinski definition) is 9. The van der Waals surface area contributed by atoms with Gasteiger partial charge in [-0.2, -0.15) is 0 Å². The van der Waals surface area contributed by atoms with Crippen LogP contribution in [0.15, 0.2) is 36.4 Å². The maximum Gasteiger partial charge on any atom is 0.407 e. The van der Waals surface area contributed by atoms with Crippen molar-refractivity contribution in [2.24, 2.45) is 5.92 Å². The van der Waals surface area contributed by atoms with Crippen LogP contribution in [-0.4, -0.2) is 106 Å². The molecule has 41 heavy (non-hydrogen) atoms. The first-order chi connectivity index (χ1) is 19.7. The van der Waals surface area contributed by atoms with E-state index >= 15 is 0 Å². The van der Waals surface area contributed by atoms with Gasteiger partial charge in [-0.1, -0.05) is 30.3 Å². The number of amides is 3. The number of hydrogen-bond donors (Lipinski definition) is 3. The van der Waals surface area contributed by atoms with Crippen molar-refractivity contribution in [2.75, 3.05) is 52.2 Å². The monoisotopic (exact) mass is 589 g/mol. The van der Waals surface area contributed by atoms with Crippen molar-refractivity contribution in [3.63, 3.8) is 0 Å². The average Bonchev–Trinajstić information content (AvgIpc) is 3.77. The summed E-state index contributed by atoms with van der Waals surface area (Å²) >= 11 is 0. The second-order valence-electron chi connectivity index (χ2n) is 9.90. The van der Waals surface area contributed by atoms with Crippen LogP contribution in [0, 0.1) is 5.92 Å².